The molecule has 24 heavy (non-hydrogen) atoms. The summed E-state index contributed by atoms with van der Waals surface area (Å²) >= 11 is 0. The Labute approximate surface area is 145 Å². The fourth-order valence-electron chi connectivity index (χ4n) is 2.93. The van der Waals surface area contributed by atoms with Crippen molar-refractivity contribution in [3.05, 3.63) is 0 Å². The zero-order valence-electron chi connectivity index (χ0n) is 14.9. The molecule has 2 heterocycles. The van der Waals surface area contributed by atoms with E-state index >= 15 is 0 Å². The van der Waals surface area contributed by atoms with Crippen LogP contribution in [0.4, 0.5) is 0 Å². The fourth-order valence-corrected chi connectivity index (χ4v) is 2.93. The number of nitrogens with one attached hydrogen (secondary N) is 2. The first-order chi connectivity index (χ1) is 11.8. The average Bonchev–Trinajstić information content (AvgIpc) is 3.28. The van der Waals surface area contributed by atoms with Gasteiger partial charge in [0, 0.05) is 39.4 Å². The van der Waals surface area contributed by atoms with Crippen molar-refractivity contribution < 1.29 is 14.3 Å². The van der Waals surface area contributed by atoms with Gasteiger partial charge >= 0.3 is 0 Å². The van der Waals surface area contributed by atoms with Gasteiger partial charge in [-0.2, -0.15) is 0 Å². The number of guanidine groups is 1. The molecular weight excluding hydrogens is 308 g/mol. The predicted octanol–water partition coefficient (Wildman–Crippen LogP) is 0.750. The Morgan fingerprint density at radius 3 is 2.83 bits per heavy atom. The number of carbonyl (C=O) groups is 1. The van der Waals surface area contributed by atoms with Gasteiger partial charge in [0.15, 0.2) is 5.96 Å². The first-order valence-corrected chi connectivity index (χ1v) is 9.29. The summed E-state index contributed by atoms with van der Waals surface area (Å²) < 4.78 is 11.2. The third kappa shape index (κ3) is 7.05. The second-order valence-electron chi connectivity index (χ2n) is 6.27. The van der Waals surface area contributed by atoms with Crippen LogP contribution in [0.2, 0.25) is 0 Å². The van der Waals surface area contributed by atoms with E-state index in [-0.39, 0.29) is 18.6 Å². The highest BCUT2D eigenvalue weighted by Gasteiger charge is 2.17. The summed E-state index contributed by atoms with van der Waals surface area (Å²) in [4.78, 5) is 18.3. The van der Waals surface area contributed by atoms with Gasteiger partial charge in [0.05, 0.1) is 12.7 Å². The highest BCUT2D eigenvalue weighted by atomic mass is 16.5. The number of hydrogen-bond acceptors (Lipinski definition) is 4. The minimum absolute atomic E-state index is 0.115. The molecule has 0 aliphatic carbocycles. The summed E-state index contributed by atoms with van der Waals surface area (Å²) in [5.74, 6) is 0.814. The van der Waals surface area contributed by atoms with Crippen LogP contribution in [0.1, 0.15) is 39.0 Å². The number of ether oxygens (including phenoxy) is 2. The van der Waals surface area contributed by atoms with Gasteiger partial charge in [-0.15, -0.1) is 0 Å². The minimum atomic E-state index is 0.115. The highest BCUT2D eigenvalue weighted by Crippen LogP contribution is 2.11. The lowest BCUT2D eigenvalue weighted by Gasteiger charge is -2.15. The monoisotopic (exact) mass is 340 g/mol. The van der Waals surface area contributed by atoms with Gasteiger partial charge in [0.2, 0.25) is 5.91 Å². The number of carbonyl (C=O) groups excluding carboxylic acids is 1. The third-order valence-corrected chi connectivity index (χ3v) is 4.26. The van der Waals surface area contributed by atoms with Gasteiger partial charge in [-0.25, -0.2) is 4.99 Å². The Morgan fingerprint density at radius 2 is 2.12 bits per heavy atom. The van der Waals surface area contributed by atoms with Gasteiger partial charge < -0.3 is 25.0 Å². The van der Waals surface area contributed by atoms with Gasteiger partial charge in [-0.3, -0.25) is 4.79 Å². The average molecular weight is 340 g/mol. The molecule has 7 heteroatoms. The standard InChI is InChI=1S/C17H32N4O3/c1-2-18-17(20-13-16(22)21-9-3-4-10-21)19-8-6-11-23-14-15-7-5-12-24-15/h15H,2-14H2,1H3,(H2,18,19,20). The van der Waals surface area contributed by atoms with E-state index in [0.29, 0.717) is 19.2 Å². The van der Waals surface area contributed by atoms with E-state index in [0.717, 1.165) is 64.9 Å². The van der Waals surface area contributed by atoms with Crippen molar-refractivity contribution in [2.45, 2.75) is 45.1 Å². The molecule has 1 unspecified atom stereocenters. The van der Waals surface area contributed by atoms with E-state index in [1.807, 2.05) is 11.8 Å². The maximum Gasteiger partial charge on any atom is 0.244 e. The molecule has 1 amide bonds. The van der Waals surface area contributed by atoms with Crippen LogP contribution in [0.15, 0.2) is 4.99 Å². The third-order valence-electron chi connectivity index (χ3n) is 4.26. The molecule has 0 radical (unpaired) electrons. The van der Waals surface area contributed by atoms with Crippen molar-refractivity contribution in [2.75, 3.05) is 52.5 Å². The lowest BCUT2D eigenvalue weighted by molar-refractivity contribution is -0.128. The molecule has 2 N–H and O–H groups in total. The predicted molar refractivity (Wildman–Crippen MR) is 94.2 cm³/mol. The van der Waals surface area contributed by atoms with Crippen molar-refractivity contribution >= 4 is 11.9 Å². The molecule has 2 fully saturated rings. The van der Waals surface area contributed by atoms with Crippen LogP contribution in [-0.2, 0) is 14.3 Å². The second kappa shape index (κ2) is 11.3. The van der Waals surface area contributed by atoms with Crippen LogP contribution in [-0.4, -0.2) is 75.4 Å². The molecule has 2 rings (SSSR count). The number of rotatable bonds is 9. The minimum Gasteiger partial charge on any atom is -0.379 e. The molecular formula is C17H32N4O3. The quantitative estimate of drug-likeness (QED) is 0.368. The van der Waals surface area contributed by atoms with Crippen molar-refractivity contribution in [2.24, 2.45) is 4.99 Å². The number of amides is 1. The molecule has 0 bridgehead atoms. The smallest absolute Gasteiger partial charge is 0.244 e. The van der Waals surface area contributed by atoms with Crippen molar-refractivity contribution in [3.63, 3.8) is 0 Å². The van der Waals surface area contributed by atoms with Crippen LogP contribution in [0.25, 0.3) is 0 Å². The summed E-state index contributed by atoms with van der Waals surface area (Å²) in [5, 5.41) is 6.42. The van der Waals surface area contributed by atoms with Crippen LogP contribution >= 0.6 is 0 Å². The topological polar surface area (TPSA) is 75.2 Å². The first kappa shape index (κ1) is 19.0. The second-order valence-corrected chi connectivity index (χ2v) is 6.27. The van der Waals surface area contributed by atoms with E-state index in [1.54, 1.807) is 0 Å². The fraction of sp³-hybridized carbons (Fsp3) is 0.882. The van der Waals surface area contributed by atoms with Gasteiger partial charge in [-0.1, -0.05) is 0 Å². The van der Waals surface area contributed by atoms with Crippen molar-refractivity contribution in [3.8, 4) is 0 Å². The Hall–Kier alpha value is -1.34. The van der Waals surface area contributed by atoms with Gasteiger partial charge in [0.1, 0.15) is 6.54 Å². The number of likely N-dealkylation sites (tertiary alicyclic amines) is 1. The summed E-state index contributed by atoms with van der Waals surface area (Å²) in [6.45, 7) is 7.80. The van der Waals surface area contributed by atoms with E-state index < -0.39 is 0 Å². The summed E-state index contributed by atoms with van der Waals surface area (Å²) in [6, 6.07) is 0. The molecule has 138 valence electrons. The normalized spacial score (nSPS) is 21.3. The van der Waals surface area contributed by atoms with E-state index in [4.69, 9.17) is 9.47 Å². The van der Waals surface area contributed by atoms with Crippen LogP contribution in [0.5, 0.6) is 0 Å². The number of aliphatic imine (C=N–C) groups is 1. The molecule has 0 aromatic rings. The lowest BCUT2D eigenvalue weighted by atomic mass is 10.2. The van der Waals surface area contributed by atoms with Crippen LogP contribution < -0.4 is 10.6 Å². The van der Waals surface area contributed by atoms with Crippen molar-refractivity contribution in [1.29, 1.82) is 0 Å². The highest BCUT2D eigenvalue weighted by molar-refractivity contribution is 5.85. The Kier molecular flexibility index (Phi) is 8.91. The molecule has 2 saturated heterocycles. The van der Waals surface area contributed by atoms with Crippen LogP contribution in [0, 0.1) is 0 Å². The van der Waals surface area contributed by atoms with Gasteiger partial charge in [-0.05, 0) is 39.0 Å². The number of hydrogen-bond donors (Lipinski definition) is 2. The molecule has 0 spiro atoms. The Morgan fingerprint density at radius 1 is 1.29 bits per heavy atom. The molecule has 0 aromatic heterocycles. The van der Waals surface area contributed by atoms with Crippen molar-refractivity contribution in [1.82, 2.24) is 15.5 Å². The molecule has 0 aromatic carbocycles. The molecule has 2 aliphatic rings. The Balaban J connectivity index is 1.57. The Bertz CT molecular complexity index is 391. The zero-order valence-corrected chi connectivity index (χ0v) is 14.9. The van der Waals surface area contributed by atoms with E-state index in [1.165, 1.54) is 0 Å². The SMILES string of the molecule is CCNC(=NCC(=O)N1CCCC1)NCCCOCC1CCCO1. The molecule has 1 atom stereocenters. The molecule has 0 saturated carbocycles. The maximum atomic E-state index is 12.0. The zero-order chi connectivity index (χ0) is 17.0. The molecule has 2 aliphatic heterocycles. The van der Waals surface area contributed by atoms with E-state index in [2.05, 4.69) is 15.6 Å². The lowest BCUT2D eigenvalue weighted by Crippen LogP contribution is -2.39. The summed E-state index contributed by atoms with van der Waals surface area (Å²) in [6.07, 6.45) is 5.67. The summed E-state index contributed by atoms with van der Waals surface area (Å²) in [7, 11) is 0. The number of nitrogens with zero attached hydrogens (tertiary/aromatic N) is 2. The molecule has 7 nitrogen and oxygen atoms in total. The van der Waals surface area contributed by atoms with Crippen LogP contribution in [0.3, 0.4) is 0 Å². The first-order valence-electron chi connectivity index (χ1n) is 9.29. The summed E-state index contributed by atoms with van der Waals surface area (Å²) in [5.41, 5.74) is 0. The maximum absolute atomic E-state index is 12.0. The largest absolute Gasteiger partial charge is 0.379 e. The van der Waals surface area contributed by atoms with E-state index in [9.17, 15) is 4.79 Å². The van der Waals surface area contributed by atoms with Gasteiger partial charge in [0.25, 0.3) is 0 Å².